The predicted molar refractivity (Wildman–Crippen MR) is 66.6 cm³/mol. The normalized spacial score (nSPS) is 10.5. The molecule has 6 nitrogen and oxygen atoms in total. The van der Waals surface area contributed by atoms with E-state index in [1.165, 1.54) is 30.6 Å². The van der Waals surface area contributed by atoms with E-state index in [1.54, 1.807) is 6.07 Å². The zero-order valence-corrected chi connectivity index (χ0v) is 10.4. The van der Waals surface area contributed by atoms with Gasteiger partial charge in [-0.15, -0.1) is 11.3 Å². The number of non-ortho nitro benzene ring substituents is 1. The van der Waals surface area contributed by atoms with Crippen molar-refractivity contribution >= 4 is 33.2 Å². The number of nitro benzene ring substituents is 1. The van der Waals surface area contributed by atoms with Crippen molar-refractivity contribution in [3.8, 4) is 0 Å². The van der Waals surface area contributed by atoms with Crippen LogP contribution >= 0.6 is 11.3 Å². The fourth-order valence-electron chi connectivity index (χ4n) is 1.49. The number of esters is 1. The lowest BCUT2D eigenvalue weighted by Crippen LogP contribution is -2.01. The Morgan fingerprint density at radius 1 is 1.56 bits per heavy atom. The molecule has 0 radical (unpaired) electrons. The third-order valence-corrected chi connectivity index (χ3v) is 3.48. The summed E-state index contributed by atoms with van der Waals surface area (Å²) in [5, 5.41) is 11.4. The average Bonchev–Trinajstić information content (AvgIpc) is 2.77. The van der Waals surface area contributed by atoms with Crippen LogP contribution in [0.3, 0.4) is 0 Å². The van der Waals surface area contributed by atoms with Crippen LogP contribution < -0.4 is 0 Å². The molecule has 0 aliphatic heterocycles. The van der Waals surface area contributed by atoms with Crippen LogP contribution in [0.25, 0.3) is 10.2 Å². The van der Waals surface area contributed by atoms with Crippen LogP contribution in [-0.2, 0) is 16.0 Å². The van der Waals surface area contributed by atoms with Crippen LogP contribution in [0.15, 0.2) is 18.2 Å². The maximum absolute atomic E-state index is 11.0. The smallest absolute Gasteiger partial charge is 0.305 e. The number of nitrogens with zero attached hydrogens (tertiary/aromatic N) is 2. The lowest BCUT2D eigenvalue weighted by molar-refractivity contribution is -0.384. The molecule has 0 aliphatic carbocycles. The van der Waals surface area contributed by atoms with E-state index in [1.807, 2.05) is 0 Å². The monoisotopic (exact) mass is 266 g/mol. The summed E-state index contributed by atoms with van der Waals surface area (Å²) in [5.41, 5.74) is 0.760. The molecule has 1 heterocycles. The topological polar surface area (TPSA) is 82.3 Å². The van der Waals surface area contributed by atoms with E-state index in [-0.39, 0.29) is 18.1 Å². The first-order chi connectivity index (χ1) is 8.60. The molecule has 0 amide bonds. The van der Waals surface area contributed by atoms with Gasteiger partial charge in [-0.1, -0.05) is 0 Å². The highest BCUT2D eigenvalue weighted by Gasteiger charge is 2.11. The van der Waals surface area contributed by atoms with E-state index in [9.17, 15) is 14.9 Å². The maximum Gasteiger partial charge on any atom is 0.305 e. The minimum Gasteiger partial charge on any atom is -0.469 e. The summed E-state index contributed by atoms with van der Waals surface area (Å²) in [7, 11) is 1.34. The third-order valence-electron chi connectivity index (χ3n) is 2.40. The highest BCUT2D eigenvalue weighted by molar-refractivity contribution is 7.18. The lowest BCUT2D eigenvalue weighted by Gasteiger charge is -1.94. The summed E-state index contributed by atoms with van der Waals surface area (Å²) in [6.45, 7) is 0. The number of fused-ring (bicyclic) bond motifs is 1. The molecule has 0 N–H and O–H groups in total. The van der Waals surface area contributed by atoms with E-state index in [0.29, 0.717) is 11.9 Å². The molecular formula is C11H10N2O4S. The van der Waals surface area contributed by atoms with Gasteiger partial charge in [-0.05, 0) is 6.07 Å². The van der Waals surface area contributed by atoms with E-state index < -0.39 is 4.92 Å². The Labute approximate surface area is 106 Å². The molecule has 1 aromatic heterocycles. The number of carbonyl (C=O) groups is 1. The molecule has 0 atom stereocenters. The predicted octanol–water partition coefficient (Wildman–Crippen LogP) is 2.31. The highest BCUT2D eigenvalue weighted by atomic mass is 32.1. The Balaban J connectivity index is 2.22. The second kappa shape index (κ2) is 5.09. The fourth-order valence-corrected chi connectivity index (χ4v) is 2.49. The molecule has 94 valence electrons. The van der Waals surface area contributed by atoms with Crippen LogP contribution in [0.4, 0.5) is 5.69 Å². The number of nitro groups is 1. The number of rotatable bonds is 4. The molecule has 1 aromatic carbocycles. The van der Waals surface area contributed by atoms with E-state index in [2.05, 4.69) is 9.72 Å². The van der Waals surface area contributed by atoms with Gasteiger partial charge in [0.2, 0.25) is 0 Å². The first kappa shape index (κ1) is 12.4. The number of hydrogen-bond donors (Lipinski definition) is 0. The Morgan fingerprint density at radius 2 is 2.33 bits per heavy atom. The van der Waals surface area contributed by atoms with Crippen LogP contribution in [0, 0.1) is 10.1 Å². The van der Waals surface area contributed by atoms with E-state index in [4.69, 9.17) is 0 Å². The van der Waals surface area contributed by atoms with Crippen molar-refractivity contribution in [2.24, 2.45) is 0 Å². The maximum atomic E-state index is 11.0. The number of aryl methyl sites for hydroxylation is 1. The number of benzene rings is 1. The quantitative estimate of drug-likeness (QED) is 0.481. The summed E-state index contributed by atoms with van der Waals surface area (Å²) in [5.74, 6) is -0.291. The number of hydrogen-bond acceptors (Lipinski definition) is 6. The summed E-state index contributed by atoms with van der Waals surface area (Å²) >= 11 is 1.36. The van der Waals surface area contributed by atoms with E-state index >= 15 is 0 Å². The summed E-state index contributed by atoms with van der Waals surface area (Å²) in [4.78, 5) is 25.5. The van der Waals surface area contributed by atoms with Gasteiger partial charge in [0.25, 0.3) is 5.69 Å². The molecule has 7 heteroatoms. The number of methoxy groups -OCH3 is 1. The minimum atomic E-state index is -0.437. The Bertz CT molecular complexity index is 608. The van der Waals surface area contributed by atoms with Gasteiger partial charge in [-0.2, -0.15) is 0 Å². The minimum absolute atomic E-state index is 0.0469. The standard InChI is InChI=1S/C11H10N2O4S/c1-17-11(14)5-4-10-12-8-3-2-7(13(15)16)6-9(8)18-10/h2-3,6H,4-5H2,1H3. The zero-order chi connectivity index (χ0) is 13.1. The van der Waals surface area contributed by atoms with Crippen molar-refractivity contribution in [1.82, 2.24) is 4.98 Å². The van der Waals surface area contributed by atoms with Crippen LogP contribution in [0.5, 0.6) is 0 Å². The van der Waals surface area contributed by atoms with Crippen molar-refractivity contribution in [1.29, 1.82) is 0 Å². The van der Waals surface area contributed by atoms with Gasteiger partial charge < -0.3 is 4.74 Å². The molecule has 2 aromatic rings. The first-order valence-corrected chi connectivity index (χ1v) is 6.02. The number of aromatic nitrogens is 1. The molecule has 0 saturated heterocycles. The van der Waals surface area contributed by atoms with Gasteiger partial charge >= 0.3 is 5.97 Å². The van der Waals surface area contributed by atoms with E-state index in [0.717, 1.165) is 9.71 Å². The second-order valence-corrected chi connectivity index (χ2v) is 4.71. The van der Waals surface area contributed by atoms with Crippen LogP contribution in [0.1, 0.15) is 11.4 Å². The Kier molecular flexibility index (Phi) is 3.52. The number of ether oxygens (including phenoxy) is 1. The van der Waals surface area contributed by atoms with Crippen molar-refractivity contribution in [3.05, 3.63) is 33.3 Å². The van der Waals surface area contributed by atoms with Gasteiger partial charge in [-0.25, -0.2) is 4.98 Å². The van der Waals surface area contributed by atoms with Gasteiger partial charge in [0.05, 0.1) is 33.7 Å². The molecule has 0 saturated carbocycles. The zero-order valence-electron chi connectivity index (χ0n) is 9.58. The average molecular weight is 266 g/mol. The van der Waals surface area contributed by atoms with Crippen molar-refractivity contribution in [3.63, 3.8) is 0 Å². The second-order valence-electron chi connectivity index (χ2n) is 3.59. The van der Waals surface area contributed by atoms with Gasteiger partial charge in [0, 0.05) is 18.6 Å². The van der Waals surface area contributed by atoms with Crippen molar-refractivity contribution in [2.75, 3.05) is 7.11 Å². The van der Waals surface area contributed by atoms with Gasteiger partial charge in [-0.3, -0.25) is 14.9 Å². The molecule has 0 spiro atoms. The molecular weight excluding hydrogens is 256 g/mol. The third kappa shape index (κ3) is 2.62. The summed E-state index contributed by atoms with van der Waals surface area (Å²) in [6, 6.07) is 4.53. The fraction of sp³-hybridized carbons (Fsp3) is 0.273. The van der Waals surface area contributed by atoms with Crippen LogP contribution in [0.2, 0.25) is 0 Å². The molecule has 0 bridgehead atoms. The molecule has 0 unspecified atom stereocenters. The Morgan fingerprint density at radius 3 is 3.00 bits per heavy atom. The molecule has 18 heavy (non-hydrogen) atoms. The highest BCUT2D eigenvalue weighted by Crippen LogP contribution is 2.26. The van der Waals surface area contributed by atoms with Crippen molar-refractivity contribution in [2.45, 2.75) is 12.8 Å². The summed E-state index contributed by atoms with van der Waals surface area (Å²) < 4.78 is 5.30. The van der Waals surface area contributed by atoms with Crippen molar-refractivity contribution < 1.29 is 14.5 Å². The lowest BCUT2D eigenvalue weighted by atomic mass is 10.3. The number of thiazole rings is 1. The number of carbonyl (C=O) groups excluding carboxylic acids is 1. The summed E-state index contributed by atoms with van der Waals surface area (Å²) in [6.07, 6.45) is 0.748. The van der Waals surface area contributed by atoms with Gasteiger partial charge in [0.15, 0.2) is 0 Å². The molecule has 2 rings (SSSR count). The largest absolute Gasteiger partial charge is 0.469 e. The van der Waals surface area contributed by atoms with Gasteiger partial charge in [0.1, 0.15) is 0 Å². The first-order valence-electron chi connectivity index (χ1n) is 5.21. The van der Waals surface area contributed by atoms with Crippen LogP contribution in [-0.4, -0.2) is 23.0 Å². The Hall–Kier alpha value is -2.02. The molecule has 0 fully saturated rings. The molecule has 0 aliphatic rings. The SMILES string of the molecule is COC(=O)CCc1nc2ccc([N+](=O)[O-])cc2s1.